The summed E-state index contributed by atoms with van der Waals surface area (Å²) in [6.45, 7) is 2.41. The molecule has 1 N–H and O–H groups in total. The maximum Gasteiger partial charge on any atom is 0.163 e. The van der Waals surface area contributed by atoms with Crippen LogP contribution in [0.1, 0.15) is 12.2 Å². The summed E-state index contributed by atoms with van der Waals surface area (Å²) in [6, 6.07) is 3.85. The molecule has 0 saturated heterocycles. The Bertz CT molecular complexity index is 609. The molecule has 1 aliphatic heterocycles. The van der Waals surface area contributed by atoms with E-state index >= 15 is 0 Å². The first kappa shape index (κ1) is 13.2. The molecular formula is C14H18N2O4. The summed E-state index contributed by atoms with van der Waals surface area (Å²) in [5.74, 6) is 2.33. The summed E-state index contributed by atoms with van der Waals surface area (Å²) in [4.78, 5) is 4.58. The average Bonchev–Trinajstić information content (AvgIpc) is 2.79. The smallest absolute Gasteiger partial charge is 0.163 e. The maximum absolute atomic E-state index is 9.04. The van der Waals surface area contributed by atoms with E-state index in [0.717, 1.165) is 28.4 Å². The van der Waals surface area contributed by atoms with Gasteiger partial charge in [-0.05, 0) is 6.42 Å². The summed E-state index contributed by atoms with van der Waals surface area (Å²) >= 11 is 0. The first-order valence-corrected chi connectivity index (χ1v) is 6.72. The van der Waals surface area contributed by atoms with Crippen LogP contribution in [0, 0.1) is 0 Å². The van der Waals surface area contributed by atoms with Gasteiger partial charge in [-0.15, -0.1) is 0 Å². The van der Waals surface area contributed by atoms with Gasteiger partial charge in [0, 0.05) is 32.4 Å². The van der Waals surface area contributed by atoms with Gasteiger partial charge >= 0.3 is 0 Å². The predicted molar refractivity (Wildman–Crippen MR) is 73.1 cm³/mol. The molecule has 0 saturated carbocycles. The monoisotopic (exact) mass is 278 g/mol. The highest BCUT2D eigenvalue weighted by Crippen LogP contribution is 2.34. The van der Waals surface area contributed by atoms with Gasteiger partial charge in [-0.25, -0.2) is 4.98 Å². The van der Waals surface area contributed by atoms with Crippen molar-refractivity contribution in [1.29, 1.82) is 0 Å². The summed E-state index contributed by atoms with van der Waals surface area (Å²) in [5, 5.41) is 9.04. The number of methoxy groups -OCH3 is 1. The molecule has 0 radical (unpaired) electrons. The van der Waals surface area contributed by atoms with E-state index in [0.29, 0.717) is 32.8 Å². The van der Waals surface area contributed by atoms with Crippen molar-refractivity contribution in [2.75, 3.05) is 26.9 Å². The Balaban J connectivity index is 2.08. The highest BCUT2D eigenvalue weighted by molar-refractivity contribution is 5.80. The molecule has 2 heterocycles. The molecular weight excluding hydrogens is 260 g/mol. The Morgan fingerprint density at radius 2 is 2.05 bits per heavy atom. The van der Waals surface area contributed by atoms with Gasteiger partial charge in [0.05, 0.1) is 11.0 Å². The average molecular weight is 278 g/mol. The fourth-order valence-corrected chi connectivity index (χ4v) is 2.43. The van der Waals surface area contributed by atoms with Crippen molar-refractivity contribution in [1.82, 2.24) is 9.55 Å². The molecule has 2 aromatic rings. The van der Waals surface area contributed by atoms with Crippen molar-refractivity contribution in [2.45, 2.75) is 19.6 Å². The van der Waals surface area contributed by atoms with Crippen LogP contribution < -0.4 is 9.47 Å². The maximum atomic E-state index is 9.04. The van der Waals surface area contributed by atoms with E-state index < -0.39 is 0 Å². The summed E-state index contributed by atoms with van der Waals surface area (Å²) in [7, 11) is 1.65. The van der Waals surface area contributed by atoms with Crippen LogP contribution in [0.3, 0.4) is 0 Å². The SMILES string of the molecule is COCc1nc2cc3c(cc2n1CCCO)OCCO3. The zero-order chi connectivity index (χ0) is 13.9. The Morgan fingerprint density at radius 1 is 1.30 bits per heavy atom. The minimum Gasteiger partial charge on any atom is -0.486 e. The zero-order valence-corrected chi connectivity index (χ0v) is 11.5. The molecule has 0 atom stereocenters. The quantitative estimate of drug-likeness (QED) is 0.894. The van der Waals surface area contributed by atoms with Gasteiger partial charge in [-0.2, -0.15) is 0 Å². The molecule has 6 heteroatoms. The molecule has 0 aliphatic carbocycles. The summed E-state index contributed by atoms with van der Waals surface area (Å²) in [6.07, 6.45) is 0.677. The first-order valence-electron chi connectivity index (χ1n) is 6.72. The molecule has 3 rings (SSSR count). The normalized spacial score (nSPS) is 13.9. The van der Waals surface area contributed by atoms with Gasteiger partial charge < -0.3 is 23.9 Å². The van der Waals surface area contributed by atoms with Gasteiger partial charge in [0.2, 0.25) is 0 Å². The zero-order valence-electron chi connectivity index (χ0n) is 11.5. The molecule has 108 valence electrons. The van der Waals surface area contributed by atoms with E-state index in [4.69, 9.17) is 19.3 Å². The van der Waals surface area contributed by atoms with Gasteiger partial charge in [-0.1, -0.05) is 0 Å². The molecule has 6 nitrogen and oxygen atoms in total. The van der Waals surface area contributed by atoms with E-state index in [9.17, 15) is 0 Å². The lowest BCUT2D eigenvalue weighted by Gasteiger charge is -2.18. The van der Waals surface area contributed by atoms with Crippen LogP contribution in [0.2, 0.25) is 0 Å². The third-order valence-corrected chi connectivity index (χ3v) is 3.30. The number of benzene rings is 1. The van der Waals surface area contributed by atoms with Crippen molar-refractivity contribution in [2.24, 2.45) is 0 Å². The molecule has 0 amide bonds. The minimum absolute atomic E-state index is 0.149. The standard InChI is InChI=1S/C14H18N2O4/c1-18-9-14-15-10-7-12-13(20-6-5-19-12)8-11(10)16(14)3-2-4-17/h7-8,17H,2-6,9H2,1H3. The van der Waals surface area contributed by atoms with Crippen molar-refractivity contribution in [3.05, 3.63) is 18.0 Å². The third kappa shape index (κ3) is 2.32. The molecule has 20 heavy (non-hydrogen) atoms. The molecule has 0 bridgehead atoms. The van der Waals surface area contributed by atoms with Crippen molar-refractivity contribution in [3.8, 4) is 11.5 Å². The van der Waals surface area contributed by atoms with Crippen molar-refractivity contribution < 1.29 is 19.3 Å². The van der Waals surface area contributed by atoms with Gasteiger partial charge in [0.1, 0.15) is 25.6 Å². The van der Waals surface area contributed by atoms with Crippen LogP contribution in [-0.2, 0) is 17.9 Å². The molecule has 0 unspecified atom stereocenters. The van der Waals surface area contributed by atoms with Crippen molar-refractivity contribution in [3.63, 3.8) is 0 Å². The summed E-state index contributed by atoms with van der Waals surface area (Å²) < 4.78 is 18.4. The van der Waals surface area contributed by atoms with E-state index in [2.05, 4.69) is 9.55 Å². The van der Waals surface area contributed by atoms with Gasteiger partial charge in [0.15, 0.2) is 11.5 Å². The lowest BCUT2D eigenvalue weighted by atomic mass is 10.2. The van der Waals surface area contributed by atoms with Crippen LogP contribution in [0.4, 0.5) is 0 Å². The third-order valence-electron chi connectivity index (χ3n) is 3.30. The Kier molecular flexibility index (Phi) is 3.75. The van der Waals surface area contributed by atoms with E-state index in [-0.39, 0.29) is 6.61 Å². The van der Waals surface area contributed by atoms with Gasteiger partial charge in [0.25, 0.3) is 0 Å². The second-order valence-electron chi connectivity index (χ2n) is 4.67. The molecule has 1 aliphatic rings. The number of fused-ring (bicyclic) bond motifs is 2. The number of imidazole rings is 1. The Morgan fingerprint density at radius 3 is 2.75 bits per heavy atom. The summed E-state index contributed by atoms with van der Waals surface area (Å²) in [5.41, 5.74) is 1.84. The fraction of sp³-hybridized carbons (Fsp3) is 0.500. The van der Waals surface area contributed by atoms with E-state index in [1.165, 1.54) is 0 Å². The van der Waals surface area contributed by atoms with E-state index in [1.54, 1.807) is 7.11 Å². The van der Waals surface area contributed by atoms with Crippen LogP contribution >= 0.6 is 0 Å². The second kappa shape index (κ2) is 5.68. The number of hydrogen-bond donors (Lipinski definition) is 1. The number of aryl methyl sites for hydroxylation is 1. The lowest BCUT2D eigenvalue weighted by Crippen LogP contribution is -2.15. The minimum atomic E-state index is 0.149. The number of rotatable bonds is 5. The highest BCUT2D eigenvalue weighted by Gasteiger charge is 2.17. The molecule has 0 spiro atoms. The number of aliphatic hydroxyl groups is 1. The number of nitrogens with zero attached hydrogens (tertiary/aromatic N) is 2. The van der Waals surface area contributed by atoms with Crippen LogP contribution in [0.15, 0.2) is 12.1 Å². The first-order chi connectivity index (χ1) is 9.83. The number of ether oxygens (including phenoxy) is 3. The fourth-order valence-electron chi connectivity index (χ4n) is 2.43. The molecule has 1 aromatic carbocycles. The largest absolute Gasteiger partial charge is 0.486 e. The predicted octanol–water partition coefficient (Wildman–Crippen LogP) is 1.34. The van der Waals surface area contributed by atoms with Gasteiger partial charge in [-0.3, -0.25) is 0 Å². The van der Waals surface area contributed by atoms with Crippen molar-refractivity contribution >= 4 is 11.0 Å². The topological polar surface area (TPSA) is 65.7 Å². The molecule has 0 fully saturated rings. The Hall–Kier alpha value is -1.79. The highest BCUT2D eigenvalue weighted by atomic mass is 16.6. The number of aliphatic hydroxyl groups excluding tert-OH is 1. The molecule has 1 aromatic heterocycles. The Labute approximate surface area is 116 Å². The number of hydrogen-bond acceptors (Lipinski definition) is 5. The van der Waals surface area contributed by atoms with E-state index in [1.807, 2.05) is 12.1 Å². The van der Waals surface area contributed by atoms with Crippen LogP contribution in [0.25, 0.3) is 11.0 Å². The second-order valence-corrected chi connectivity index (χ2v) is 4.67. The van der Waals surface area contributed by atoms with Crippen LogP contribution in [-0.4, -0.2) is 41.6 Å². The number of aromatic nitrogens is 2. The van der Waals surface area contributed by atoms with Crippen LogP contribution in [0.5, 0.6) is 11.5 Å². The lowest BCUT2D eigenvalue weighted by molar-refractivity contribution is 0.172.